The minimum Gasteiger partial charge on any atom is -0.471 e. The summed E-state index contributed by atoms with van der Waals surface area (Å²) in [5.41, 5.74) is 1.99. The van der Waals surface area contributed by atoms with Crippen molar-refractivity contribution in [1.82, 2.24) is 0 Å². The Morgan fingerprint density at radius 3 is 2.75 bits per heavy atom. The quantitative estimate of drug-likeness (QED) is 0.408. The van der Waals surface area contributed by atoms with Gasteiger partial charge in [-0.2, -0.15) is 0 Å². The number of benzene rings is 1. The van der Waals surface area contributed by atoms with Gasteiger partial charge in [0.2, 0.25) is 0 Å². The lowest BCUT2D eigenvalue weighted by atomic mass is 9.64. The lowest BCUT2D eigenvalue weighted by Crippen LogP contribution is -2.48. The SMILES string of the molecule is C=CCOC(=O)[C@@H]1C[C@]2(C(C)Cc3ccc(CC)cc3)COCOC2=CC1=O. The molecule has 1 fully saturated rings. The van der Waals surface area contributed by atoms with Gasteiger partial charge >= 0.3 is 5.97 Å². The van der Waals surface area contributed by atoms with Crippen LogP contribution in [0, 0.1) is 17.3 Å². The van der Waals surface area contributed by atoms with Gasteiger partial charge in [0, 0.05) is 6.08 Å². The monoisotopic (exact) mass is 384 g/mol. The van der Waals surface area contributed by atoms with Gasteiger partial charge in [0.05, 0.1) is 12.0 Å². The van der Waals surface area contributed by atoms with Gasteiger partial charge in [-0.25, -0.2) is 0 Å². The third-order valence-electron chi connectivity index (χ3n) is 5.88. The first-order valence-corrected chi connectivity index (χ1v) is 9.82. The fraction of sp³-hybridized carbons (Fsp3) is 0.478. The van der Waals surface area contributed by atoms with Crippen LogP contribution >= 0.6 is 0 Å². The molecule has 1 aliphatic heterocycles. The molecule has 1 aromatic carbocycles. The van der Waals surface area contributed by atoms with E-state index in [1.807, 2.05) is 0 Å². The summed E-state index contributed by atoms with van der Waals surface area (Å²) >= 11 is 0. The van der Waals surface area contributed by atoms with Crippen LogP contribution in [0.1, 0.15) is 31.4 Å². The van der Waals surface area contributed by atoms with E-state index in [0.29, 0.717) is 18.8 Å². The molecule has 1 aromatic rings. The molecule has 2 aliphatic rings. The van der Waals surface area contributed by atoms with Crippen LogP contribution in [0.15, 0.2) is 48.8 Å². The Balaban J connectivity index is 1.85. The van der Waals surface area contributed by atoms with Crippen molar-refractivity contribution in [2.45, 2.75) is 33.1 Å². The van der Waals surface area contributed by atoms with Crippen molar-refractivity contribution in [3.63, 3.8) is 0 Å². The van der Waals surface area contributed by atoms with Crippen LogP contribution in [0.3, 0.4) is 0 Å². The van der Waals surface area contributed by atoms with E-state index >= 15 is 0 Å². The first-order chi connectivity index (χ1) is 13.5. The zero-order valence-corrected chi connectivity index (χ0v) is 16.6. The third kappa shape index (κ3) is 4.04. The molecule has 3 rings (SSSR count). The van der Waals surface area contributed by atoms with E-state index < -0.39 is 17.3 Å². The number of esters is 1. The van der Waals surface area contributed by atoms with E-state index in [0.717, 1.165) is 12.8 Å². The fourth-order valence-corrected chi connectivity index (χ4v) is 4.07. The average molecular weight is 384 g/mol. The molecule has 0 spiro atoms. The summed E-state index contributed by atoms with van der Waals surface area (Å²) in [6.45, 7) is 8.46. The molecule has 0 aromatic heterocycles. The Morgan fingerprint density at radius 2 is 2.07 bits per heavy atom. The minimum atomic E-state index is -0.834. The molecule has 0 amide bonds. The van der Waals surface area contributed by atoms with Crippen molar-refractivity contribution in [3.8, 4) is 0 Å². The first-order valence-electron chi connectivity index (χ1n) is 9.82. The van der Waals surface area contributed by atoms with Gasteiger partial charge < -0.3 is 14.2 Å². The van der Waals surface area contributed by atoms with Crippen molar-refractivity contribution in [1.29, 1.82) is 0 Å². The van der Waals surface area contributed by atoms with Crippen molar-refractivity contribution in [2.24, 2.45) is 17.3 Å². The Morgan fingerprint density at radius 1 is 1.36 bits per heavy atom. The third-order valence-corrected chi connectivity index (χ3v) is 5.88. The predicted molar refractivity (Wildman–Crippen MR) is 105 cm³/mol. The number of carbonyl (C=O) groups is 2. The molecule has 0 saturated carbocycles. The smallest absolute Gasteiger partial charge is 0.317 e. The van der Waals surface area contributed by atoms with Gasteiger partial charge in [0.1, 0.15) is 18.3 Å². The summed E-state index contributed by atoms with van der Waals surface area (Å²) in [6.07, 6.45) is 5.11. The maximum absolute atomic E-state index is 12.5. The number of ketones is 1. The van der Waals surface area contributed by atoms with E-state index in [1.54, 1.807) is 0 Å². The summed E-state index contributed by atoms with van der Waals surface area (Å²) in [4.78, 5) is 25.0. The summed E-state index contributed by atoms with van der Waals surface area (Å²) in [5, 5.41) is 0. The van der Waals surface area contributed by atoms with Crippen LogP contribution < -0.4 is 0 Å². The van der Waals surface area contributed by atoms with Gasteiger partial charge in [-0.1, -0.05) is 50.8 Å². The Hall–Kier alpha value is -2.40. The molecule has 1 aliphatic carbocycles. The molecule has 150 valence electrons. The van der Waals surface area contributed by atoms with E-state index in [2.05, 4.69) is 44.7 Å². The van der Waals surface area contributed by atoms with Crippen LogP contribution in [0.5, 0.6) is 0 Å². The topological polar surface area (TPSA) is 61.8 Å². The Labute approximate surface area is 166 Å². The molecular formula is C23H28O5. The Kier molecular flexibility index (Phi) is 6.35. The molecular weight excluding hydrogens is 356 g/mol. The molecule has 5 nitrogen and oxygen atoms in total. The number of allylic oxidation sites excluding steroid dienone is 1. The first kappa shape index (κ1) is 20.3. The van der Waals surface area contributed by atoms with Crippen LogP contribution in [-0.2, 0) is 36.6 Å². The molecule has 28 heavy (non-hydrogen) atoms. The van der Waals surface area contributed by atoms with Gasteiger partial charge in [0.15, 0.2) is 12.6 Å². The number of aryl methyl sites for hydroxylation is 1. The maximum atomic E-state index is 12.5. The van der Waals surface area contributed by atoms with Gasteiger partial charge in [-0.15, -0.1) is 0 Å². The second-order valence-corrected chi connectivity index (χ2v) is 7.63. The normalized spacial score (nSPS) is 25.1. The largest absolute Gasteiger partial charge is 0.471 e. The van der Waals surface area contributed by atoms with Gasteiger partial charge in [0.25, 0.3) is 0 Å². The number of hydrogen-bond donors (Lipinski definition) is 0. The van der Waals surface area contributed by atoms with Crippen molar-refractivity contribution in [3.05, 3.63) is 59.9 Å². The van der Waals surface area contributed by atoms with Crippen molar-refractivity contribution < 1.29 is 23.8 Å². The van der Waals surface area contributed by atoms with E-state index in [1.165, 1.54) is 23.3 Å². The lowest BCUT2D eigenvalue weighted by molar-refractivity contribution is -0.165. The highest BCUT2D eigenvalue weighted by molar-refractivity contribution is 6.06. The van der Waals surface area contributed by atoms with Crippen molar-refractivity contribution in [2.75, 3.05) is 20.0 Å². The van der Waals surface area contributed by atoms with E-state index in [-0.39, 0.29) is 25.1 Å². The zero-order chi connectivity index (χ0) is 20.1. The number of carbonyl (C=O) groups excluding carboxylic acids is 2. The van der Waals surface area contributed by atoms with E-state index in [9.17, 15) is 9.59 Å². The number of fused-ring (bicyclic) bond motifs is 1. The maximum Gasteiger partial charge on any atom is 0.317 e. The molecule has 5 heteroatoms. The van der Waals surface area contributed by atoms with Gasteiger partial charge in [-0.3, -0.25) is 9.59 Å². The standard InChI is InChI=1S/C23H28O5/c1-4-10-27-22(25)19-13-23(14-26-15-28-21(23)12-20(19)24)16(3)11-18-8-6-17(5-2)7-9-18/h4,6-9,12,16,19H,1,5,10-11,13-15H2,2-3H3/t16?,19-,23-/m1/s1. The summed E-state index contributed by atoms with van der Waals surface area (Å²) < 4.78 is 16.5. The number of rotatable bonds is 7. The summed E-state index contributed by atoms with van der Waals surface area (Å²) in [7, 11) is 0. The van der Waals surface area contributed by atoms with Crippen LogP contribution in [0.25, 0.3) is 0 Å². The van der Waals surface area contributed by atoms with Crippen molar-refractivity contribution >= 4 is 11.8 Å². The second-order valence-electron chi connectivity index (χ2n) is 7.63. The second kappa shape index (κ2) is 8.74. The van der Waals surface area contributed by atoms with E-state index in [4.69, 9.17) is 14.2 Å². The molecule has 1 saturated heterocycles. The highest BCUT2D eigenvalue weighted by Gasteiger charge is 2.51. The molecule has 1 unspecified atom stereocenters. The highest BCUT2D eigenvalue weighted by atomic mass is 16.7. The minimum absolute atomic E-state index is 0.0957. The average Bonchev–Trinajstić information content (AvgIpc) is 2.72. The van der Waals surface area contributed by atoms with Crippen LogP contribution in [0.4, 0.5) is 0 Å². The molecule has 0 N–H and O–H groups in total. The fourth-order valence-electron chi connectivity index (χ4n) is 4.07. The van der Waals surface area contributed by atoms with Gasteiger partial charge in [-0.05, 0) is 36.3 Å². The molecule has 0 radical (unpaired) electrons. The number of hydrogen-bond acceptors (Lipinski definition) is 5. The molecule has 1 heterocycles. The lowest BCUT2D eigenvalue weighted by Gasteiger charge is -2.46. The number of ether oxygens (including phenoxy) is 3. The summed E-state index contributed by atoms with van der Waals surface area (Å²) in [6, 6.07) is 8.57. The molecule has 3 atom stereocenters. The zero-order valence-electron chi connectivity index (χ0n) is 16.6. The summed E-state index contributed by atoms with van der Waals surface area (Å²) in [5.74, 6) is -0.854. The van der Waals surface area contributed by atoms with Crippen LogP contribution in [-0.4, -0.2) is 31.8 Å². The Bertz CT molecular complexity index is 764. The molecule has 0 bridgehead atoms. The van der Waals surface area contributed by atoms with Crippen LogP contribution in [0.2, 0.25) is 0 Å². The highest BCUT2D eigenvalue weighted by Crippen LogP contribution is 2.49. The predicted octanol–water partition coefficient (Wildman–Crippen LogP) is 3.62.